The summed E-state index contributed by atoms with van der Waals surface area (Å²) < 4.78 is 13.6. The Morgan fingerprint density at radius 2 is 2.15 bits per heavy atom. The zero-order chi connectivity index (χ0) is 21.9. The fourth-order valence-electron chi connectivity index (χ4n) is 3.76. The van der Waals surface area contributed by atoms with E-state index >= 15 is 0 Å². The zero-order valence-corrected chi connectivity index (χ0v) is 18.2. The van der Waals surface area contributed by atoms with Crippen molar-refractivity contribution in [3.8, 4) is 28.1 Å². The van der Waals surface area contributed by atoms with Gasteiger partial charge in [0.15, 0.2) is 0 Å². The Kier molecular flexibility index (Phi) is 6.59. The minimum Gasteiger partial charge on any atom is -0.507 e. The van der Waals surface area contributed by atoms with E-state index in [1.807, 2.05) is 11.0 Å². The van der Waals surface area contributed by atoms with Crippen LogP contribution in [-0.4, -0.2) is 50.1 Å². The van der Waals surface area contributed by atoms with Gasteiger partial charge in [-0.2, -0.15) is 15.0 Å². The van der Waals surface area contributed by atoms with Crippen LogP contribution in [0.15, 0.2) is 60.8 Å². The van der Waals surface area contributed by atoms with Crippen molar-refractivity contribution in [2.75, 3.05) is 24.5 Å². The molecule has 12 heteroatoms. The monoisotopic (exact) mass is 472 g/mol. The molecule has 3 aromatic rings. The molecule has 4 heterocycles. The van der Waals surface area contributed by atoms with Crippen molar-refractivity contribution < 1.29 is 14.3 Å². The van der Waals surface area contributed by atoms with Crippen LogP contribution in [-0.2, 0) is 4.84 Å². The lowest BCUT2D eigenvalue weighted by Crippen LogP contribution is -2.29. The predicted octanol–water partition coefficient (Wildman–Crippen LogP) is 2.66. The number of aromatic hydroxyl groups is 1. The number of aromatic amines is 1. The van der Waals surface area contributed by atoms with Crippen LogP contribution in [0.1, 0.15) is 6.42 Å². The minimum atomic E-state index is -0.536. The number of halogens is 2. The van der Waals surface area contributed by atoms with Gasteiger partial charge in [0.25, 0.3) is 0 Å². The Hall–Kier alpha value is -3.86. The number of phenols is 1. The van der Waals surface area contributed by atoms with Crippen molar-refractivity contribution in [1.29, 1.82) is 0 Å². The SMILES string of the molecule is Cl.Oc1cc(-c2cn[nH]c2)ccc1-c1cnc(N2CCC(CNC3=C(F)NOC=C3)C2)nn1. The maximum absolute atomic E-state index is 13.6. The summed E-state index contributed by atoms with van der Waals surface area (Å²) in [7, 11) is 0. The number of nitrogens with zero attached hydrogens (tertiary/aromatic N) is 5. The molecule has 0 spiro atoms. The molecule has 4 N–H and O–H groups in total. The van der Waals surface area contributed by atoms with Crippen LogP contribution in [0.4, 0.5) is 10.3 Å². The molecular formula is C21H22ClFN8O2. The second kappa shape index (κ2) is 9.74. The van der Waals surface area contributed by atoms with Crippen molar-refractivity contribution in [2.24, 2.45) is 5.92 Å². The van der Waals surface area contributed by atoms with E-state index in [0.717, 1.165) is 30.6 Å². The smallest absolute Gasteiger partial charge is 0.245 e. The normalized spacial score (nSPS) is 17.4. The Balaban J connectivity index is 0.00000259. The Morgan fingerprint density at radius 3 is 2.88 bits per heavy atom. The van der Waals surface area contributed by atoms with Gasteiger partial charge >= 0.3 is 0 Å². The number of H-pyrrole nitrogens is 1. The number of hydrogen-bond acceptors (Lipinski definition) is 9. The highest BCUT2D eigenvalue weighted by molar-refractivity contribution is 5.85. The fraction of sp³-hybridized carbons (Fsp3) is 0.238. The van der Waals surface area contributed by atoms with Gasteiger partial charge in [0.05, 0.1) is 18.1 Å². The van der Waals surface area contributed by atoms with Crippen LogP contribution in [0.3, 0.4) is 0 Å². The van der Waals surface area contributed by atoms with E-state index in [-0.39, 0.29) is 18.2 Å². The molecule has 5 rings (SSSR count). The predicted molar refractivity (Wildman–Crippen MR) is 122 cm³/mol. The molecule has 1 aromatic carbocycles. The van der Waals surface area contributed by atoms with Gasteiger partial charge in [0.2, 0.25) is 11.9 Å². The first-order valence-electron chi connectivity index (χ1n) is 10.2. The molecule has 2 aliphatic heterocycles. The van der Waals surface area contributed by atoms with E-state index in [0.29, 0.717) is 35.4 Å². The summed E-state index contributed by atoms with van der Waals surface area (Å²) in [6, 6.07) is 5.33. The van der Waals surface area contributed by atoms with Crippen molar-refractivity contribution in [3.05, 3.63) is 60.8 Å². The molecule has 33 heavy (non-hydrogen) atoms. The summed E-state index contributed by atoms with van der Waals surface area (Å²) in [5.41, 5.74) is 5.32. The molecule has 1 fully saturated rings. The van der Waals surface area contributed by atoms with Crippen molar-refractivity contribution in [2.45, 2.75) is 6.42 Å². The van der Waals surface area contributed by atoms with Gasteiger partial charge in [-0.05, 0) is 30.0 Å². The number of aromatic nitrogens is 5. The minimum absolute atomic E-state index is 0. The highest BCUT2D eigenvalue weighted by Crippen LogP contribution is 2.32. The fourth-order valence-corrected chi connectivity index (χ4v) is 3.76. The van der Waals surface area contributed by atoms with E-state index in [1.165, 1.54) is 6.26 Å². The molecule has 10 nitrogen and oxygen atoms in total. The molecular weight excluding hydrogens is 451 g/mol. The maximum atomic E-state index is 13.6. The number of benzene rings is 1. The largest absolute Gasteiger partial charge is 0.507 e. The van der Waals surface area contributed by atoms with E-state index in [4.69, 9.17) is 0 Å². The first kappa shape index (κ1) is 22.3. The summed E-state index contributed by atoms with van der Waals surface area (Å²) in [4.78, 5) is 11.2. The molecule has 1 saturated heterocycles. The van der Waals surface area contributed by atoms with Gasteiger partial charge in [0, 0.05) is 43.0 Å². The Morgan fingerprint density at radius 1 is 1.24 bits per heavy atom. The number of nitrogens with one attached hydrogen (secondary N) is 3. The standard InChI is InChI=1S/C21H21FN8O2.ClH/c22-20-17(4-6-32-29-20)23-8-13-3-5-30(12-13)21-24-11-18(27-28-21)16-2-1-14(7-19(16)31)15-9-25-26-10-15;/h1-2,4,6-7,9-11,13,23,29,31H,3,5,8,12H2,(H,25,26);1H. The molecule has 2 aliphatic rings. The summed E-state index contributed by atoms with van der Waals surface area (Å²) in [6.45, 7) is 2.14. The van der Waals surface area contributed by atoms with Gasteiger partial charge in [0.1, 0.15) is 17.7 Å². The molecule has 2 aromatic heterocycles. The lowest BCUT2D eigenvalue weighted by molar-refractivity contribution is 0.130. The third-order valence-corrected chi connectivity index (χ3v) is 5.49. The first-order chi connectivity index (χ1) is 15.7. The highest BCUT2D eigenvalue weighted by Gasteiger charge is 2.25. The van der Waals surface area contributed by atoms with Crippen molar-refractivity contribution in [3.63, 3.8) is 0 Å². The summed E-state index contributed by atoms with van der Waals surface area (Å²) in [5.74, 6) is 0.405. The zero-order valence-electron chi connectivity index (χ0n) is 17.4. The summed E-state index contributed by atoms with van der Waals surface area (Å²) in [6.07, 6.45) is 8.91. The summed E-state index contributed by atoms with van der Waals surface area (Å²) >= 11 is 0. The molecule has 0 saturated carbocycles. The number of phenolic OH excluding ortho intramolecular Hbond substituents is 1. The van der Waals surface area contributed by atoms with Crippen LogP contribution in [0, 0.1) is 5.92 Å². The van der Waals surface area contributed by atoms with Gasteiger partial charge in [-0.25, -0.2) is 4.98 Å². The van der Waals surface area contributed by atoms with Gasteiger partial charge in [-0.1, -0.05) is 6.07 Å². The third kappa shape index (κ3) is 4.82. The van der Waals surface area contributed by atoms with Gasteiger partial charge in [-0.3, -0.25) is 5.10 Å². The second-order valence-corrected chi connectivity index (χ2v) is 7.59. The number of hydroxylamine groups is 1. The van der Waals surface area contributed by atoms with Gasteiger partial charge < -0.3 is 20.2 Å². The lowest BCUT2D eigenvalue weighted by Gasteiger charge is -2.18. The Bertz CT molecular complexity index is 1150. The number of hydrogen-bond donors (Lipinski definition) is 4. The average molecular weight is 473 g/mol. The topological polar surface area (TPSA) is 124 Å². The first-order valence-corrected chi connectivity index (χ1v) is 10.2. The molecule has 0 aliphatic carbocycles. The van der Waals surface area contributed by atoms with E-state index in [2.05, 4.69) is 41.0 Å². The van der Waals surface area contributed by atoms with Crippen molar-refractivity contribution in [1.82, 2.24) is 36.2 Å². The molecule has 0 bridgehead atoms. The highest BCUT2D eigenvalue weighted by atomic mass is 35.5. The maximum Gasteiger partial charge on any atom is 0.245 e. The van der Waals surface area contributed by atoms with Crippen LogP contribution in [0.2, 0.25) is 0 Å². The van der Waals surface area contributed by atoms with Gasteiger partial charge in [-0.15, -0.1) is 22.6 Å². The van der Waals surface area contributed by atoms with Crippen molar-refractivity contribution >= 4 is 18.4 Å². The van der Waals surface area contributed by atoms with Crippen LogP contribution < -0.4 is 15.7 Å². The number of anilines is 1. The number of rotatable bonds is 6. The molecule has 1 unspecified atom stereocenters. The molecule has 0 amide bonds. The molecule has 172 valence electrons. The Labute approximate surface area is 195 Å². The third-order valence-electron chi connectivity index (χ3n) is 5.49. The van der Waals surface area contributed by atoms with E-state index in [9.17, 15) is 9.50 Å². The molecule has 0 radical (unpaired) electrons. The lowest BCUT2D eigenvalue weighted by atomic mass is 10.0. The summed E-state index contributed by atoms with van der Waals surface area (Å²) in [5, 5.41) is 28.7. The van der Waals surface area contributed by atoms with E-state index in [1.54, 1.807) is 36.8 Å². The van der Waals surface area contributed by atoms with Crippen LogP contribution in [0.5, 0.6) is 5.75 Å². The van der Waals surface area contributed by atoms with Crippen LogP contribution in [0.25, 0.3) is 22.4 Å². The molecule has 1 atom stereocenters. The average Bonchev–Trinajstić information content (AvgIpc) is 3.51. The quantitative estimate of drug-likeness (QED) is 0.401. The van der Waals surface area contributed by atoms with E-state index < -0.39 is 5.95 Å². The second-order valence-electron chi connectivity index (χ2n) is 7.59. The number of allylic oxidation sites excluding steroid dienone is 1. The van der Waals surface area contributed by atoms with Crippen LogP contribution >= 0.6 is 12.4 Å².